The van der Waals surface area contributed by atoms with Crippen LogP contribution < -0.4 is 21.9 Å². The van der Waals surface area contributed by atoms with E-state index in [4.69, 9.17) is 19.9 Å². The molecule has 4 amide bonds. The monoisotopic (exact) mass is 549 g/mol. The van der Waals surface area contributed by atoms with Crippen LogP contribution in [0.3, 0.4) is 0 Å². The number of rotatable bonds is 7. The van der Waals surface area contributed by atoms with Crippen molar-refractivity contribution in [3.8, 4) is 0 Å². The van der Waals surface area contributed by atoms with Crippen LogP contribution in [0.2, 0.25) is 0 Å². The molecule has 0 unspecified atom stereocenters. The summed E-state index contributed by atoms with van der Waals surface area (Å²) in [6.07, 6.45) is -0.925. The van der Waals surface area contributed by atoms with Crippen LogP contribution in [0.1, 0.15) is 47.2 Å². The summed E-state index contributed by atoms with van der Waals surface area (Å²) in [7, 11) is -4.80. The van der Waals surface area contributed by atoms with Crippen LogP contribution in [0, 0.1) is 0 Å². The molecule has 2 rings (SSSR count). The van der Waals surface area contributed by atoms with Gasteiger partial charge in [-0.25, -0.2) is 19.5 Å². The fourth-order valence-corrected chi connectivity index (χ4v) is 4.11. The minimum Gasteiger partial charge on any atom is -0.443 e. The van der Waals surface area contributed by atoms with Crippen molar-refractivity contribution in [2.24, 2.45) is 5.16 Å². The molecule has 1 aromatic rings. The van der Waals surface area contributed by atoms with E-state index in [0.29, 0.717) is 0 Å². The Hall–Kier alpha value is -3.51. The maximum Gasteiger partial charge on any atom is 0.426 e. The normalized spacial score (nSPS) is 18.7. The molecule has 0 saturated carbocycles. The number of β-lactam (4-membered cyclic amide) rings is 1. The van der Waals surface area contributed by atoms with Crippen molar-refractivity contribution in [1.82, 2.24) is 25.5 Å². The second-order valence-corrected chi connectivity index (χ2v) is 11.2. The summed E-state index contributed by atoms with van der Waals surface area (Å²) in [5.41, 5.74) is 6.70. The Kier molecular flexibility index (Phi) is 8.16. The first-order valence-electron chi connectivity index (χ1n) is 10.2. The van der Waals surface area contributed by atoms with Crippen LogP contribution in [-0.2, 0) is 34.3 Å². The smallest absolute Gasteiger partial charge is 0.426 e. The quantitative estimate of drug-likeness (QED) is 0.123. The summed E-state index contributed by atoms with van der Waals surface area (Å²) >= 11 is 0.971. The van der Waals surface area contributed by atoms with Gasteiger partial charge in [-0.15, -0.1) is 11.3 Å². The van der Waals surface area contributed by atoms with Gasteiger partial charge in [0.15, 0.2) is 10.8 Å². The SMILES string of the molecule is C[C@H]1[C@H](NC(=O)/C(=N\OC(C)(C)C(=O)NNC(=O)OC(C)(C)C)c2csc(N)n2)C(=O)N1S(=O)(=O)O. The average molecular weight is 550 g/mol. The van der Waals surface area contributed by atoms with Gasteiger partial charge in [-0.2, -0.15) is 8.42 Å². The van der Waals surface area contributed by atoms with Gasteiger partial charge in [-0.3, -0.25) is 24.4 Å². The number of hydrogen-bond acceptors (Lipinski definition) is 12. The first-order chi connectivity index (χ1) is 16.3. The zero-order chi connectivity index (χ0) is 27.6. The lowest BCUT2D eigenvalue weighted by Crippen LogP contribution is -2.71. The standard InChI is InChI=1S/C18H27N7O9S2/c1-8-10(13(27)25(8)36(30,31)32)21-12(26)11(9-7-35-15(19)20-9)24-34-18(5,6)14(28)22-23-16(29)33-17(2,3)4/h7-8,10H,1-6H3,(H2,19,20)(H,21,26)(H,22,28)(H,23,29)(H,30,31,32)/b24-11-/t8-,10-/m0/s1. The third-order valence-corrected chi connectivity index (χ3v) is 6.12. The van der Waals surface area contributed by atoms with E-state index in [1.165, 1.54) is 26.2 Å². The Morgan fingerprint density at radius 3 is 2.31 bits per heavy atom. The fourth-order valence-electron chi connectivity index (χ4n) is 2.68. The second kappa shape index (κ2) is 10.2. The summed E-state index contributed by atoms with van der Waals surface area (Å²) in [6.45, 7) is 8.76. The van der Waals surface area contributed by atoms with E-state index < -0.39 is 63.1 Å². The number of oxime groups is 1. The lowest BCUT2D eigenvalue weighted by Gasteiger charge is -2.42. The number of amides is 4. The number of nitrogens with two attached hydrogens (primary N) is 1. The van der Waals surface area contributed by atoms with Crippen LogP contribution in [0.4, 0.5) is 9.93 Å². The highest BCUT2D eigenvalue weighted by molar-refractivity contribution is 7.84. The topological polar surface area (TPSA) is 232 Å². The molecule has 200 valence electrons. The highest BCUT2D eigenvalue weighted by Crippen LogP contribution is 2.23. The number of hydrogen-bond donors (Lipinski definition) is 5. The number of nitrogen functional groups attached to an aromatic ring is 1. The first kappa shape index (κ1) is 28.7. The van der Waals surface area contributed by atoms with E-state index in [-0.39, 0.29) is 15.1 Å². The predicted octanol–water partition coefficient (Wildman–Crippen LogP) is -0.701. The fraction of sp³-hybridized carbons (Fsp3) is 0.556. The van der Waals surface area contributed by atoms with E-state index in [0.717, 1.165) is 11.3 Å². The van der Waals surface area contributed by atoms with Gasteiger partial charge in [-0.05, 0) is 41.5 Å². The number of carbonyl (C=O) groups is 4. The highest BCUT2D eigenvalue weighted by Gasteiger charge is 2.51. The highest BCUT2D eigenvalue weighted by atomic mass is 32.2. The third kappa shape index (κ3) is 7.01. The second-order valence-electron chi connectivity index (χ2n) is 9.00. The Labute approximate surface area is 210 Å². The molecule has 1 aliphatic heterocycles. The van der Waals surface area contributed by atoms with Crippen molar-refractivity contribution in [2.75, 3.05) is 5.73 Å². The summed E-state index contributed by atoms with van der Waals surface area (Å²) in [5.74, 6) is -2.92. The average Bonchev–Trinajstić information content (AvgIpc) is 3.13. The van der Waals surface area contributed by atoms with Crippen LogP contribution >= 0.6 is 11.3 Å². The minimum absolute atomic E-state index is 0.0517. The third-order valence-electron chi connectivity index (χ3n) is 4.44. The molecule has 0 radical (unpaired) electrons. The van der Waals surface area contributed by atoms with E-state index in [9.17, 15) is 27.6 Å². The number of aromatic nitrogens is 1. The lowest BCUT2D eigenvalue weighted by atomic mass is 10.0. The number of hydrazine groups is 1. The number of thiazole rings is 1. The number of nitrogens with one attached hydrogen (secondary N) is 3. The maximum absolute atomic E-state index is 12.9. The molecule has 2 heterocycles. The summed E-state index contributed by atoms with van der Waals surface area (Å²) in [4.78, 5) is 58.4. The number of anilines is 1. The Balaban J connectivity index is 2.16. The maximum atomic E-state index is 12.9. The largest absolute Gasteiger partial charge is 0.443 e. The molecule has 1 fully saturated rings. The van der Waals surface area contributed by atoms with E-state index in [1.54, 1.807) is 20.8 Å². The number of ether oxygens (including phenoxy) is 1. The Morgan fingerprint density at radius 2 is 1.83 bits per heavy atom. The molecule has 0 aliphatic carbocycles. The molecule has 2 atom stereocenters. The van der Waals surface area contributed by atoms with E-state index in [1.807, 2.05) is 0 Å². The predicted molar refractivity (Wildman–Crippen MR) is 126 cm³/mol. The van der Waals surface area contributed by atoms with Crippen molar-refractivity contribution in [3.05, 3.63) is 11.1 Å². The Bertz CT molecular complexity index is 1190. The van der Waals surface area contributed by atoms with Crippen molar-refractivity contribution in [1.29, 1.82) is 0 Å². The minimum atomic E-state index is -4.80. The van der Waals surface area contributed by atoms with Crippen molar-refractivity contribution >= 4 is 56.3 Å². The molecule has 0 spiro atoms. The van der Waals surface area contributed by atoms with Gasteiger partial charge < -0.3 is 20.6 Å². The molecule has 1 saturated heterocycles. The van der Waals surface area contributed by atoms with Gasteiger partial charge in [-0.1, -0.05) is 5.16 Å². The zero-order valence-corrected chi connectivity index (χ0v) is 21.8. The molecular formula is C18H27N7O9S2. The molecule has 18 heteroatoms. The van der Waals surface area contributed by atoms with Crippen molar-refractivity contribution in [2.45, 2.75) is 64.8 Å². The van der Waals surface area contributed by atoms with Gasteiger partial charge in [0.1, 0.15) is 17.3 Å². The molecule has 0 bridgehead atoms. The summed E-state index contributed by atoms with van der Waals surface area (Å²) in [5, 5.41) is 7.44. The lowest BCUT2D eigenvalue weighted by molar-refractivity contribution is -0.144. The molecule has 36 heavy (non-hydrogen) atoms. The van der Waals surface area contributed by atoms with Gasteiger partial charge in [0.05, 0.1) is 6.04 Å². The van der Waals surface area contributed by atoms with Crippen LogP contribution in [0.15, 0.2) is 10.5 Å². The van der Waals surface area contributed by atoms with Gasteiger partial charge in [0, 0.05) is 5.38 Å². The van der Waals surface area contributed by atoms with Crippen LogP contribution in [-0.4, -0.2) is 75.1 Å². The molecule has 6 N–H and O–H groups in total. The number of nitrogens with zero attached hydrogens (tertiary/aromatic N) is 3. The first-order valence-corrected chi connectivity index (χ1v) is 12.5. The summed E-state index contributed by atoms with van der Waals surface area (Å²) < 4.78 is 36.9. The molecule has 1 aliphatic rings. The Morgan fingerprint density at radius 1 is 1.22 bits per heavy atom. The van der Waals surface area contributed by atoms with Crippen molar-refractivity contribution in [3.63, 3.8) is 0 Å². The molecular weight excluding hydrogens is 522 g/mol. The van der Waals surface area contributed by atoms with Gasteiger partial charge in [0.25, 0.3) is 17.7 Å². The zero-order valence-electron chi connectivity index (χ0n) is 20.2. The van der Waals surface area contributed by atoms with E-state index in [2.05, 4.69) is 26.3 Å². The molecule has 16 nitrogen and oxygen atoms in total. The van der Waals surface area contributed by atoms with Crippen molar-refractivity contribution < 1.29 is 41.7 Å². The van der Waals surface area contributed by atoms with Gasteiger partial charge >= 0.3 is 16.4 Å². The van der Waals surface area contributed by atoms with Gasteiger partial charge in [0.2, 0.25) is 5.60 Å². The van der Waals surface area contributed by atoms with Crippen LogP contribution in [0.25, 0.3) is 0 Å². The van der Waals surface area contributed by atoms with Crippen LogP contribution in [0.5, 0.6) is 0 Å². The molecule has 0 aromatic carbocycles. The number of carbonyl (C=O) groups excluding carboxylic acids is 4. The van der Waals surface area contributed by atoms with E-state index >= 15 is 0 Å². The molecule has 1 aromatic heterocycles. The summed E-state index contributed by atoms with van der Waals surface area (Å²) in [6, 6.07) is -2.38.